The molecule has 0 N–H and O–H groups in total. The lowest BCUT2D eigenvalue weighted by Gasteiger charge is -2.62. The second kappa shape index (κ2) is 5.21. The summed E-state index contributed by atoms with van der Waals surface area (Å²) >= 11 is 0. The Kier molecular flexibility index (Phi) is 3.27. The van der Waals surface area contributed by atoms with Gasteiger partial charge in [-0.1, -0.05) is 13.3 Å². The van der Waals surface area contributed by atoms with E-state index in [9.17, 15) is 4.79 Å². The number of methoxy groups -OCH3 is 1. The summed E-state index contributed by atoms with van der Waals surface area (Å²) in [5, 5.41) is 0. The molecule has 1 unspecified atom stereocenters. The average molecular weight is 341 g/mol. The highest BCUT2D eigenvalue weighted by atomic mass is 16.5. The van der Waals surface area contributed by atoms with E-state index in [0.29, 0.717) is 30.2 Å². The molecule has 2 saturated carbocycles. The highest BCUT2D eigenvalue weighted by Gasteiger charge is 2.65. The SMILES string of the molecule is COC(=O)[C@]12CCCC3(C=NC1)[C@H]2CC[C@H]1[C@@H](C)c2ccoc2C[C@@H]13. The van der Waals surface area contributed by atoms with E-state index < -0.39 is 0 Å². The van der Waals surface area contributed by atoms with Crippen molar-refractivity contribution in [2.75, 3.05) is 13.7 Å². The van der Waals surface area contributed by atoms with Gasteiger partial charge in [0, 0.05) is 18.1 Å². The van der Waals surface area contributed by atoms with Crippen LogP contribution in [-0.4, -0.2) is 25.8 Å². The third-order valence-corrected chi connectivity index (χ3v) is 8.16. The number of carbonyl (C=O) groups excluding carboxylic acids is 1. The van der Waals surface area contributed by atoms with Crippen LogP contribution in [0.5, 0.6) is 0 Å². The number of furan rings is 1. The van der Waals surface area contributed by atoms with E-state index in [-0.39, 0.29) is 16.8 Å². The number of nitrogens with zero attached hydrogens (tertiary/aromatic N) is 1. The van der Waals surface area contributed by atoms with E-state index in [4.69, 9.17) is 14.1 Å². The fraction of sp³-hybridized carbons (Fsp3) is 0.714. The Morgan fingerprint density at radius 1 is 1.36 bits per heavy atom. The fourth-order valence-corrected chi connectivity index (χ4v) is 7.14. The molecule has 1 aromatic heterocycles. The predicted octanol–water partition coefficient (Wildman–Crippen LogP) is 4.00. The molecule has 3 aliphatic carbocycles. The molecule has 2 heterocycles. The summed E-state index contributed by atoms with van der Waals surface area (Å²) in [6, 6.07) is 2.16. The van der Waals surface area contributed by atoms with Gasteiger partial charge in [-0.05, 0) is 61.0 Å². The minimum Gasteiger partial charge on any atom is -0.469 e. The lowest BCUT2D eigenvalue weighted by atomic mass is 9.42. The Bertz CT molecular complexity index is 737. The number of rotatable bonds is 1. The number of carbonyl (C=O) groups is 1. The van der Waals surface area contributed by atoms with Gasteiger partial charge in [0.25, 0.3) is 0 Å². The van der Waals surface area contributed by atoms with E-state index in [1.165, 1.54) is 19.1 Å². The molecule has 6 atom stereocenters. The van der Waals surface area contributed by atoms with E-state index in [2.05, 4.69) is 19.2 Å². The number of hydrogen-bond donors (Lipinski definition) is 0. The van der Waals surface area contributed by atoms with Gasteiger partial charge in [0.05, 0.1) is 25.3 Å². The lowest BCUT2D eigenvalue weighted by molar-refractivity contribution is -0.171. The van der Waals surface area contributed by atoms with Crippen molar-refractivity contribution in [2.45, 2.75) is 51.4 Å². The van der Waals surface area contributed by atoms with Crippen LogP contribution >= 0.6 is 0 Å². The van der Waals surface area contributed by atoms with E-state index in [1.54, 1.807) is 0 Å². The van der Waals surface area contributed by atoms with Gasteiger partial charge in [0.15, 0.2) is 0 Å². The molecule has 0 saturated heterocycles. The first-order valence-corrected chi connectivity index (χ1v) is 9.78. The molecule has 4 heteroatoms. The summed E-state index contributed by atoms with van der Waals surface area (Å²) in [5.74, 6) is 3.25. The summed E-state index contributed by atoms with van der Waals surface area (Å²) in [4.78, 5) is 17.6. The van der Waals surface area contributed by atoms with Gasteiger partial charge in [0.2, 0.25) is 0 Å². The standard InChI is InChI=1S/C21H27NO3/c1-13-14-4-5-18-20(16(14)10-17-15(13)6-9-25-17)7-3-8-21(18,12-22-11-20)19(23)24-2/h6,9,11,13-14,16,18H,3-5,7-8,10,12H2,1-2H3/t13-,14+,16+,18-,20?,21-/m1/s1. The van der Waals surface area contributed by atoms with Gasteiger partial charge in [0.1, 0.15) is 5.76 Å². The van der Waals surface area contributed by atoms with Crippen LogP contribution < -0.4 is 0 Å². The molecule has 4 nitrogen and oxygen atoms in total. The highest BCUT2D eigenvalue weighted by molar-refractivity contribution is 5.82. The smallest absolute Gasteiger partial charge is 0.314 e. The summed E-state index contributed by atoms with van der Waals surface area (Å²) in [7, 11) is 1.54. The average Bonchev–Trinajstić information content (AvgIpc) is 3.09. The highest BCUT2D eigenvalue weighted by Crippen LogP contribution is 2.66. The van der Waals surface area contributed by atoms with Crippen LogP contribution in [0.25, 0.3) is 0 Å². The lowest BCUT2D eigenvalue weighted by Crippen LogP contribution is -2.62. The molecule has 2 fully saturated rings. The van der Waals surface area contributed by atoms with Gasteiger partial charge >= 0.3 is 5.97 Å². The number of aliphatic imine (C=N–C) groups is 1. The van der Waals surface area contributed by atoms with Crippen LogP contribution in [-0.2, 0) is 16.0 Å². The van der Waals surface area contributed by atoms with Crippen LogP contribution in [0.15, 0.2) is 21.7 Å². The van der Waals surface area contributed by atoms with Crippen LogP contribution in [0.4, 0.5) is 0 Å². The second-order valence-electron chi connectivity index (χ2n) is 8.78. The first kappa shape index (κ1) is 15.7. The van der Waals surface area contributed by atoms with Gasteiger partial charge in [-0.2, -0.15) is 0 Å². The van der Waals surface area contributed by atoms with Crippen molar-refractivity contribution in [3.63, 3.8) is 0 Å². The van der Waals surface area contributed by atoms with Crippen molar-refractivity contribution in [2.24, 2.45) is 33.6 Å². The zero-order valence-corrected chi connectivity index (χ0v) is 15.2. The molecule has 0 aromatic carbocycles. The number of hydrogen-bond acceptors (Lipinski definition) is 4. The number of esters is 1. The Morgan fingerprint density at radius 3 is 3.08 bits per heavy atom. The summed E-state index contributed by atoms with van der Waals surface area (Å²) < 4.78 is 11.1. The van der Waals surface area contributed by atoms with Gasteiger partial charge in [-0.3, -0.25) is 9.79 Å². The molecule has 1 aromatic rings. The minimum atomic E-state index is -0.389. The largest absolute Gasteiger partial charge is 0.469 e. The number of ether oxygens (including phenoxy) is 1. The van der Waals surface area contributed by atoms with Gasteiger partial charge < -0.3 is 9.15 Å². The van der Waals surface area contributed by atoms with Crippen molar-refractivity contribution in [1.82, 2.24) is 0 Å². The Balaban J connectivity index is 1.62. The molecule has 25 heavy (non-hydrogen) atoms. The Labute approximate surface area is 149 Å². The van der Waals surface area contributed by atoms with Crippen molar-refractivity contribution >= 4 is 12.2 Å². The molecule has 2 bridgehead atoms. The van der Waals surface area contributed by atoms with Crippen LogP contribution in [0.3, 0.4) is 0 Å². The molecule has 0 spiro atoms. The van der Waals surface area contributed by atoms with Crippen LogP contribution in [0.1, 0.15) is 56.3 Å². The van der Waals surface area contributed by atoms with E-state index in [0.717, 1.165) is 37.9 Å². The molecule has 134 valence electrons. The van der Waals surface area contributed by atoms with Gasteiger partial charge in [-0.25, -0.2) is 0 Å². The Morgan fingerprint density at radius 2 is 2.24 bits per heavy atom. The third-order valence-electron chi connectivity index (χ3n) is 8.16. The first-order chi connectivity index (χ1) is 12.1. The maximum absolute atomic E-state index is 12.8. The summed E-state index contributed by atoms with van der Waals surface area (Å²) in [6.45, 7) is 2.98. The first-order valence-electron chi connectivity index (χ1n) is 9.78. The van der Waals surface area contributed by atoms with Crippen LogP contribution in [0.2, 0.25) is 0 Å². The zero-order valence-electron chi connectivity index (χ0n) is 15.2. The molecule has 0 amide bonds. The summed E-state index contributed by atoms with van der Waals surface area (Å²) in [6.07, 6.45) is 10.6. The molecule has 0 radical (unpaired) electrons. The normalized spacial score (nSPS) is 44.4. The van der Waals surface area contributed by atoms with Crippen molar-refractivity contribution in [3.05, 3.63) is 23.7 Å². The second-order valence-corrected chi connectivity index (χ2v) is 8.78. The van der Waals surface area contributed by atoms with Crippen molar-refractivity contribution in [1.29, 1.82) is 0 Å². The fourth-order valence-electron chi connectivity index (χ4n) is 7.14. The maximum atomic E-state index is 12.8. The number of fused-ring (bicyclic) bond motifs is 2. The minimum absolute atomic E-state index is 0.0283. The molecule has 1 aliphatic heterocycles. The molecule has 4 aliphatic rings. The van der Waals surface area contributed by atoms with Crippen molar-refractivity contribution in [3.8, 4) is 0 Å². The zero-order chi connectivity index (χ0) is 17.2. The quantitative estimate of drug-likeness (QED) is 0.726. The maximum Gasteiger partial charge on any atom is 0.314 e. The van der Waals surface area contributed by atoms with E-state index in [1.807, 2.05) is 6.26 Å². The molecular weight excluding hydrogens is 314 g/mol. The topological polar surface area (TPSA) is 51.8 Å². The third kappa shape index (κ3) is 1.83. The monoisotopic (exact) mass is 341 g/mol. The molecule has 5 rings (SSSR count). The van der Waals surface area contributed by atoms with E-state index >= 15 is 0 Å². The predicted molar refractivity (Wildman–Crippen MR) is 94.6 cm³/mol. The Hall–Kier alpha value is -1.58. The van der Waals surface area contributed by atoms with Crippen molar-refractivity contribution < 1.29 is 13.9 Å². The van der Waals surface area contributed by atoms with Crippen LogP contribution in [0, 0.1) is 28.6 Å². The molecular formula is C21H27NO3. The summed E-state index contributed by atoms with van der Waals surface area (Å²) in [5.41, 5.74) is 1.06. The van der Waals surface area contributed by atoms with Gasteiger partial charge in [-0.15, -0.1) is 0 Å².